The van der Waals surface area contributed by atoms with E-state index in [4.69, 9.17) is 9.05 Å². The second kappa shape index (κ2) is 25.7. The highest BCUT2D eigenvalue weighted by Gasteiger charge is 2.32. The fraction of sp³-hybridized carbons (Fsp3) is 0.323. The number of hydrogen-bond acceptors (Lipinski definition) is 5. The van der Waals surface area contributed by atoms with Crippen molar-refractivity contribution in [2.24, 2.45) is 0 Å². The Hall–Kier alpha value is -6.64. The maximum absolute atomic E-state index is 14.8. The summed E-state index contributed by atoms with van der Waals surface area (Å²) in [5.41, 5.74) is 9.17. The number of hydrogen-bond donors (Lipinski definition) is 0. The predicted octanol–water partition coefficient (Wildman–Crippen LogP) is 16.2. The van der Waals surface area contributed by atoms with Crippen molar-refractivity contribution in [3.8, 4) is 56.4 Å². The number of imidazole rings is 2. The third kappa shape index (κ3) is 12.0. The van der Waals surface area contributed by atoms with Crippen molar-refractivity contribution >= 4 is 8.25 Å². The first kappa shape index (κ1) is 51.7. The van der Waals surface area contributed by atoms with E-state index in [1.54, 1.807) is 0 Å². The van der Waals surface area contributed by atoms with E-state index in [0.29, 0.717) is 0 Å². The van der Waals surface area contributed by atoms with Crippen LogP contribution >= 0.6 is 8.25 Å². The first-order valence-corrected chi connectivity index (χ1v) is 27.3. The Morgan fingerprint density at radius 2 is 0.653 bits per heavy atom. The summed E-state index contributed by atoms with van der Waals surface area (Å²) in [6.45, 7) is 8.46. The van der Waals surface area contributed by atoms with E-state index < -0.39 is 8.25 Å². The molecular formula is C62H70N4O5P+. The molecular weight excluding hydrogens is 912 g/mol. The molecule has 0 aliphatic carbocycles. The quantitative estimate of drug-likeness (QED) is 0.0398. The van der Waals surface area contributed by atoms with Gasteiger partial charge in [0.1, 0.15) is 12.2 Å². The molecule has 72 heavy (non-hydrogen) atoms. The van der Waals surface area contributed by atoms with Crippen LogP contribution in [0.25, 0.3) is 56.4 Å². The lowest BCUT2D eigenvalue weighted by Crippen LogP contribution is -2.27. The van der Waals surface area contributed by atoms with E-state index in [2.05, 4.69) is 76.2 Å². The molecule has 0 aliphatic rings. The van der Waals surface area contributed by atoms with Gasteiger partial charge < -0.3 is 0 Å². The number of para-hydroxylation sites is 2. The zero-order chi connectivity index (χ0) is 50.2. The Bertz CT molecular complexity index is 2840. The standard InChI is InChI=1S/C62H70N4O5P/c1-5-51(63-57(47-31-15-9-16-32-47)59(49-35-19-11-20-36-49)65(61(63)67)53-41-23-13-24-42-53)39-27-29-45-55(7-3)70-72(69)71-56(8-4)46-30-28-40-52(6-2)64-58(48-33-17-10-18-34-48)60(50-37-21-12-22-38-50)66(62(64)68)54-43-25-14-26-44-54/h9-26,31-38,41-44,51-52,55-56H,5-8,27-30,39-40,45-46H2,1-4H3/q+1. The van der Waals surface area contributed by atoms with Crippen LogP contribution in [0.1, 0.15) is 117 Å². The van der Waals surface area contributed by atoms with E-state index in [-0.39, 0.29) is 35.7 Å². The number of rotatable bonds is 26. The van der Waals surface area contributed by atoms with Gasteiger partial charge in [0.05, 0.1) is 34.2 Å². The summed E-state index contributed by atoms with van der Waals surface area (Å²) in [6.07, 6.45) is 9.23. The van der Waals surface area contributed by atoms with E-state index in [0.717, 1.165) is 133 Å². The van der Waals surface area contributed by atoms with Crippen LogP contribution in [0.2, 0.25) is 0 Å². The fourth-order valence-corrected chi connectivity index (χ4v) is 11.3. The van der Waals surface area contributed by atoms with Crippen LogP contribution in [0.15, 0.2) is 192 Å². The third-order valence-electron chi connectivity index (χ3n) is 14.1. The van der Waals surface area contributed by atoms with Gasteiger partial charge >= 0.3 is 19.6 Å². The van der Waals surface area contributed by atoms with Crippen molar-refractivity contribution in [2.45, 2.75) is 129 Å². The Morgan fingerprint density at radius 3 is 0.944 bits per heavy atom. The molecule has 2 aromatic heterocycles. The van der Waals surface area contributed by atoms with Gasteiger partial charge in [-0.15, -0.1) is 9.05 Å². The summed E-state index contributed by atoms with van der Waals surface area (Å²) in [6, 6.07) is 60.7. The van der Waals surface area contributed by atoms with Crippen molar-refractivity contribution in [1.29, 1.82) is 0 Å². The number of nitrogens with zero attached hydrogens (tertiary/aromatic N) is 4. The van der Waals surface area contributed by atoms with Crippen molar-refractivity contribution in [2.75, 3.05) is 0 Å². The first-order valence-electron chi connectivity index (χ1n) is 26.2. The summed E-state index contributed by atoms with van der Waals surface area (Å²) in [4.78, 5) is 29.6. The molecule has 372 valence electrons. The van der Waals surface area contributed by atoms with Crippen molar-refractivity contribution in [1.82, 2.24) is 18.3 Å². The molecule has 9 nitrogen and oxygen atoms in total. The van der Waals surface area contributed by atoms with Gasteiger partial charge in [-0.3, -0.25) is 18.3 Å². The lowest BCUT2D eigenvalue weighted by molar-refractivity contribution is 0.113. The Kier molecular flexibility index (Phi) is 18.4. The lowest BCUT2D eigenvalue weighted by atomic mass is 10.0. The largest absolute Gasteiger partial charge is 0.697 e. The maximum Gasteiger partial charge on any atom is 0.697 e. The lowest BCUT2D eigenvalue weighted by Gasteiger charge is -2.20. The summed E-state index contributed by atoms with van der Waals surface area (Å²) in [7, 11) is -2.32. The van der Waals surface area contributed by atoms with E-state index >= 15 is 0 Å². The maximum atomic E-state index is 14.8. The highest BCUT2D eigenvalue weighted by atomic mass is 31.1. The van der Waals surface area contributed by atoms with Crippen LogP contribution in [0.5, 0.6) is 0 Å². The zero-order valence-corrected chi connectivity index (χ0v) is 43.3. The van der Waals surface area contributed by atoms with Gasteiger partial charge in [-0.05, 0) is 75.6 Å². The molecule has 0 saturated carbocycles. The summed E-state index contributed by atoms with van der Waals surface area (Å²) >= 11 is 0. The molecule has 0 fully saturated rings. The van der Waals surface area contributed by atoms with Crippen molar-refractivity contribution in [3.05, 3.63) is 203 Å². The van der Waals surface area contributed by atoms with Gasteiger partial charge in [0.15, 0.2) is 0 Å². The van der Waals surface area contributed by atoms with Gasteiger partial charge in [-0.1, -0.05) is 211 Å². The van der Waals surface area contributed by atoms with E-state index in [1.165, 1.54) is 0 Å². The predicted molar refractivity (Wildman–Crippen MR) is 295 cm³/mol. The molecule has 6 aromatic carbocycles. The van der Waals surface area contributed by atoms with Gasteiger partial charge in [0, 0.05) is 38.9 Å². The van der Waals surface area contributed by atoms with Gasteiger partial charge in [-0.25, -0.2) is 9.59 Å². The minimum atomic E-state index is -2.32. The van der Waals surface area contributed by atoms with Crippen molar-refractivity contribution in [3.63, 3.8) is 0 Å². The Balaban J connectivity index is 0.898. The van der Waals surface area contributed by atoms with E-state index in [9.17, 15) is 14.2 Å². The van der Waals surface area contributed by atoms with Crippen LogP contribution in [-0.4, -0.2) is 30.5 Å². The molecule has 10 heteroatoms. The summed E-state index contributed by atoms with van der Waals surface area (Å²) in [5.74, 6) is 0. The Labute approximate surface area is 426 Å². The third-order valence-corrected chi connectivity index (χ3v) is 15.0. The molecule has 4 unspecified atom stereocenters. The smallest absolute Gasteiger partial charge is 0.288 e. The average molecular weight is 982 g/mol. The second-order valence-electron chi connectivity index (χ2n) is 18.7. The number of unbranched alkanes of at least 4 members (excludes halogenated alkanes) is 2. The van der Waals surface area contributed by atoms with Crippen LogP contribution < -0.4 is 11.4 Å². The second-order valence-corrected chi connectivity index (χ2v) is 19.6. The van der Waals surface area contributed by atoms with Crippen LogP contribution in [-0.2, 0) is 13.6 Å². The minimum absolute atomic E-state index is 0.0343. The van der Waals surface area contributed by atoms with Gasteiger partial charge in [0.25, 0.3) is 0 Å². The molecule has 0 spiro atoms. The SMILES string of the molecule is CCC(CCCCC(CC)n1c(-c2ccccc2)c(-c2ccccc2)n(-c2ccccc2)c1=O)O[P+](=O)OC(CC)CCCCC(CC)n1c(-c2ccccc2)c(-c2ccccc2)n(-c2ccccc2)c1=O. The van der Waals surface area contributed by atoms with Crippen LogP contribution in [0.4, 0.5) is 0 Å². The van der Waals surface area contributed by atoms with Gasteiger partial charge in [-0.2, -0.15) is 0 Å². The van der Waals surface area contributed by atoms with Crippen molar-refractivity contribution < 1.29 is 13.6 Å². The molecule has 2 heterocycles. The molecule has 0 bridgehead atoms. The summed E-state index contributed by atoms with van der Waals surface area (Å²) < 4.78 is 33.6. The molecule has 8 rings (SSSR count). The fourth-order valence-electron chi connectivity index (χ4n) is 10.3. The topological polar surface area (TPSA) is 89.4 Å². The Morgan fingerprint density at radius 1 is 0.375 bits per heavy atom. The minimum Gasteiger partial charge on any atom is -0.288 e. The number of benzene rings is 6. The molecule has 0 aliphatic heterocycles. The zero-order valence-electron chi connectivity index (χ0n) is 42.4. The molecule has 0 radical (unpaired) electrons. The molecule has 0 N–H and O–H groups in total. The highest BCUT2D eigenvalue weighted by Crippen LogP contribution is 2.40. The molecule has 0 saturated heterocycles. The first-order chi connectivity index (χ1) is 35.4. The average Bonchev–Trinajstić information content (AvgIpc) is 3.92. The van der Waals surface area contributed by atoms with Crippen LogP contribution in [0.3, 0.4) is 0 Å². The molecule has 0 amide bonds. The molecule has 4 atom stereocenters. The van der Waals surface area contributed by atoms with E-state index in [1.807, 2.05) is 152 Å². The normalized spacial score (nSPS) is 13.4. The summed E-state index contributed by atoms with van der Waals surface area (Å²) in [5, 5.41) is 0. The monoisotopic (exact) mass is 982 g/mol. The highest BCUT2D eigenvalue weighted by molar-refractivity contribution is 7.33. The molecule has 8 aromatic rings. The van der Waals surface area contributed by atoms with Gasteiger partial charge in [0.2, 0.25) is 0 Å². The van der Waals surface area contributed by atoms with Crippen LogP contribution in [0, 0.1) is 0 Å². The number of aromatic nitrogens is 4.